The Morgan fingerprint density at radius 2 is 2.05 bits per heavy atom. The van der Waals surface area contributed by atoms with Crippen LogP contribution < -0.4 is 5.32 Å². The van der Waals surface area contributed by atoms with Crippen LogP contribution in [-0.2, 0) is 19.9 Å². The molecular formula is C16H21BrIN3. The second kappa shape index (κ2) is 7.74. The van der Waals surface area contributed by atoms with Crippen LogP contribution in [0.4, 0.5) is 0 Å². The standard InChI is InChI=1S/C16H21BrIN3/c1-4-13-16(17)15(21(3)20-13)10-14(19-5-2)11-8-6-7-9-12(11)18/h6-9,14,19H,4-5,10H2,1-3H3. The van der Waals surface area contributed by atoms with E-state index in [4.69, 9.17) is 0 Å². The van der Waals surface area contributed by atoms with E-state index >= 15 is 0 Å². The summed E-state index contributed by atoms with van der Waals surface area (Å²) in [5.41, 5.74) is 3.73. The first kappa shape index (κ1) is 17.0. The molecule has 0 saturated heterocycles. The Morgan fingerprint density at radius 1 is 1.33 bits per heavy atom. The van der Waals surface area contributed by atoms with Crippen molar-refractivity contribution in [1.82, 2.24) is 15.1 Å². The lowest BCUT2D eigenvalue weighted by Crippen LogP contribution is -2.24. The quantitative estimate of drug-likeness (QED) is 0.652. The van der Waals surface area contributed by atoms with Gasteiger partial charge in [-0.05, 0) is 63.1 Å². The molecule has 0 aliphatic rings. The van der Waals surface area contributed by atoms with Gasteiger partial charge in [0.25, 0.3) is 0 Å². The molecule has 2 aromatic rings. The van der Waals surface area contributed by atoms with Crippen molar-refractivity contribution in [3.05, 3.63) is 49.3 Å². The predicted octanol–water partition coefficient (Wildman–Crippen LogP) is 4.24. The first-order chi connectivity index (χ1) is 10.1. The van der Waals surface area contributed by atoms with E-state index in [1.54, 1.807) is 0 Å². The molecule has 0 bridgehead atoms. The Morgan fingerprint density at radius 3 is 2.62 bits per heavy atom. The summed E-state index contributed by atoms with van der Waals surface area (Å²) in [6, 6.07) is 8.87. The van der Waals surface area contributed by atoms with Crippen molar-refractivity contribution < 1.29 is 0 Å². The van der Waals surface area contributed by atoms with Gasteiger partial charge in [-0.25, -0.2) is 0 Å². The van der Waals surface area contributed by atoms with E-state index in [1.165, 1.54) is 14.8 Å². The summed E-state index contributed by atoms with van der Waals surface area (Å²) in [4.78, 5) is 0. The molecule has 1 atom stereocenters. The largest absolute Gasteiger partial charge is 0.310 e. The van der Waals surface area contributed by atoms with E-state index in [2.05, 4.69) is 87.0 Å². The van der Waals surface area contributed by atoms with Crippen LogP contribution in [0.2, 0.25) is 0 Å². The normalized spacial score (nSPS) is 12.6. The summed E-state index contributed by atoms with van der Waals surface area (Å²) in [5.74, 6) is 0. The van der Waals surface area contributed by atoms with Crippen molar-refractivity contribution in [3.8, 4) is 0 Å². The number of nitrogens with one attached hydrogen (secondary N) is 1. The van der Waals surface area contributed by atoms with Crippen LogP contribution in [0.25, 0.3) is 0 Å². The summed E-state index contributed by atoms with van der Waals surface area (Å²) in [5, 5.41) is 8.20. The van der Waals surface area contributed by atoms with Crippen LogP contribution in [0.1, 0.15) is 36.8 Å². The highest BCUT2D eigenvalue weighted by Crippen LogP contribution is 2.28. The van der Waals surface area contributed by atoms with E-state index in [9.17, 15) is 0 Å². The minimum absolute atomic E-state index is 0.305. The Hall–Kier alpha value is -0.400. The van der Waals surface area contributed by atoms with Gasteiger partial charge < -0.3 is 5.32 Å². The minimum Gasteiger partial charge on any atom is -0.310 e. The lowest BCUT2D eigenvalue weighted by molar-refractivity contribution is 0.526. The zero-order valence-electron chi connectivity index (χ0n) is 12.7. The summed E-state index contributed by atoms with van der Waals surface area (Å²) >= 11 is 6.13. The minimum atomic E-state index is 0.305. The third-order valence-electron chi connectivity index (χ3n) is 3.63. The van der Waals surface area contributed by atoms with Crippen LogP contribution in [0.5, 0.6) is 0 Å². The fraction of sp³-hybridized carbons (Fsp3) is 0.438. The van der Waals surface area contributed by atoms with Gasteiger partial charge in [0.1, 0.15) is 0 Å². The number of aromatic nitrogens is 2. The number of halogens is 2. The monoisotopic (exact) mass is 461 g/mol. The molecule has 1 aromatic heterocycles. The van der Waals surface area contributed by atoms with Gasteiger partial charge in [-0.2, -0.15) is 5.10 Å². The summed E-state index contributed by atoms with van der Waals surface area (Å²) in [6.45, 7) is 5.24. The maximum absolute atomic E-state index is 4.60. The Labute approximate surface area is 148 Å². The molecule has 0 radical (unpaired) electrons. The molecule has 0 spiro atoms. The summed E-state index contributed by atoms with van der Waals surface area (Å²) < 4.78 is 4.46. The summed E-state index contributed by atoms with van der Waals surface area (Å²) in [6.07, 6.45) is 1.88. The zero-order chi connectivity index (χ0) is 15.4. The molecule has 2 rings (SSSR count). The molecule has 0 saturated carbocycles. The van der Waals surface area contributed by atoms with Gasteiger partial charge in [-0.15, -0.1) is 0 Å². The Bertz CT molecular complexity index is 610. The van der Waals surface area contributed by atoms with Crippen LogP contribution in [-0.4, -0.2) is 16.3 Å². The van der Waals surface area contributed by atoms with Crippen LogP contribution in [0.15, 0.2) is 28.7 Å². The maximum Gasteiger partial charge on any atom is 0.0766 e. The van der Waals surface area contributed by atoms with Gasteiger partial charge in [0.2, 0.25) is 0 Å². The molecule has 1 unspecified atom stereocenters. The molecule has 5 heteroatoms. The molecule has 0 amide bonds. The SMILES string of the molecule is CCNC(Cc1c(Br)c(CC)nn1C)c1ccccc1I. The van der Waals surface area contributed by atoms with E-state index in [-0.39, 0.29) is 0 Å². The smallest absolute Gasteiger partial charge is 0.0766 e. The summed E-state index contributed by atoms with van der Waals surface area (Å²) in [7, 11) is 2.03. The van der Waals surface area contributed by atoms with E-state index in [0.29, 0.717) is 6.04 Å². The molecule has 0 aliphatic heterocycles. The second-order valence-electron chi connectivity index (χ2n) is 5.02. The van der Waals surface area contributed by atoms with E-state index < -0.39 is 0 Å². The first-order valence-electron chi connectivity index (χ1n) is 7.26. The van der Waals surface area contributed by atoms with E-state index in [1.807, 2.05) is 11.7 Å². The highest BCUT2D eigenvalue weighted by molar-refractivity contribution is 14.1. The number of nitrogens with zero attached hydrogens (tertiary/aromatic N) is 2. The third kappa shape index (κ3) is 3.87. The number of likely N-dealkylation sites (N-methyl/N-ethyl adjacent to an activating group) is 1. The van der Waals surface area contributed by atoms with Gasteiger partial charge >= 0.3 is 0 Å². The number of aryl methyl sites for hydroxylation is 2. The van der Waals surface area contributed by atoms with Crippen molar-refractivity contribution >= 4 is 38.5 Å². The number of hydrogen-bond acceptors (Lipinski definition) is 2. The fourth-order valence-corrected chi connectivity index (χ4v) is 4.07. The van der Waals surface area contributed by atoms with Crippen molar-refractivity contribution in [1.29, 1.82) is 0 Å². The maximum atomic E-state index is 4.60. The predicted molar refractivity (Wildman–Crippen MR) is 99.6 cm³/mol. The zero-order valence-corrected chi connectivity index (χ0v) is 16.4. The number of hydrogen-bond donors (Lipinski definition) is 1. The van der Waals surface area contributed by atoms with Crippen molar-refractivity contribution in [2.24, 2.45) is 7.05 Å². The highest BCUT2D eigenvalue weighted by Gasteiger charge is 2.19. The molecule has 21 heavy (non-hydrogen) atoms. The second-order valence-corrected chi connectivity index (χ2v) is 6.98. The van der Waals surface area contributed by atoms with Crippen LogP contribution in [0.3, 0.4) is 0 Å². The van der Waals surface area contributed by atoms with Gasteiger partial charge in [0, 0.05) is 23.1 Å². The molecule has 114 valence electrons. The molecule has 3 nitrogen and oxygen atoms in total. The number of benzene rings is 1. The van der Waals surface area contributed by atoms with Crippen LogP contribution in [0, 0.1) is 3.57 Å². The molecular weight excluding hydrogens is 441 g/mol. The topological polar surface area (TPSA) is 29.9 Å². The average molecular weight is 462 g/mol. The number of rotatable bonds is 6. The average Bonchev–Trinajstić information content (AvgIpc) is 2.74. The Balaban J connectivity index is 2.33. The molecule has 1 heterocycles. The van der Waals surface area contributed by atoms with Gasteiger partial charge in [-0.3, -0.25) is 4.68 Å². The molecule has 1 aromatic carbocycles. The van der Waals surface area contributed by atoms with Crippen molar-refractivity contribution in [2.45, 2.75) is 32.7 Å². The van der Waals surface area contributed by atoms with Crippen molar-refractivity contribution in [2.75, 3.05) is 6.54 Å². The lowest BCUT2D eigenvalue weighted by Gasteiger charge is -2.20. The Kier molecular flexibility index (Phi) is 6.25. The fourth-order valence-electron chi connectivity index (χ4n) is 2.53. The van der Waals surface area contributed by atoms with Crippen molar-refractivity contribution in [3.63, 3.8) is 0 Å². The van der Waals surface area contributed by atoms with Gasteiger partial charge in [0.15, 0.2) is 0 Å². The van der Waals surface area contributed by atoms with E-state index in [0.717, 1.165) is 29.6 Å². The van der Waals surface area contributed by atoms with Crippen LogP contribution >= 0.6 is 38.5 Å². The lowest BCUT2D eigenvalue weighted by atomic mass is 10.0. The molecule has 1 N–H and O–H groups in total. The highest BCUT2D eigenvalue weighted by atomic mass is 127. The molecule has 0 fully saturated rings. The first-order valence-corrected chi connectivity index (χ1v) is 9.13. The van der Waals surface area contributed by atoms with Gasteiger partial charge in [-0.1, -0.05) is 32.0 Å². The molecule has 0 aliphatic carbocycles. The third-order valence-corrected chi connectivity index (χ3v) is 5.53. The van der Waals surface area contributed by atoms with Gasteiger partial charge in [0.05, 0.1) is 15.9 Å².